The smallest absolute Gasteiger partial charge is 0.254 e. The number of nitrogens with zero attached hydrogens (tertiary/aromatic N) is 3. The number of fused-ring (bicyclic) bond motifs is 1. The highest BCUT2D eigenvalue weighted by atomic mass is 16.3. The van der Waals surface area contributed by atoms with Crippen molar-refractivity contribution in [3.8, 4) is 0 Å². The molecule has 0 N–H and O–H groups in total. The molecule has 0 bridgehead atoms. The molecule has 6 nitrogen and oxygen atoms in total. The summed E-state index contributed by atoms with van der Waals surface area (Å²) in [5.74, 6) is -0.0256. The van der Waals surface area contributed by atoms with Gasteiger partial charge in [-0.05, 0) is 37.3 Å². The van der Waals surface area contributed by atoms with Crippen molar-refractivity contribution >= 4 is 22.9 Å². The molecule has 2 heterocycles. The lowest BCUT2D eigenvalue weighted by Gasteiger charge is -2.35. The number of benzene rings is 2. The van der Waals surface area contributed by atoms with Crippen LogP contribution in [0.15, 0.2) is 53.3 Å². The van der Waals surface area contributed by atoms with Crippen LogP contribution in [-0.2, 0) is 0 Å². The van der Waals surface area contributed by atoms with E-state index in [-0.39, 0.29) is 11.8 Å². The van der Waals surface area contributed by atoms with Crippen LogP contribution in [0.25, 0.3) is 11.1 Å². The van der Waals surface area contributed by atoms with Crippen molar-refractivity contribution < 1.29 is 14.0 Å². The Morgan fingerprint density at radius 3 is 2.23 bits per heavy atom. The van der Waals surface area contributed by atoms with E-state index in [1.807, 2.05) is 31.2 Å². The Balaban J connectivity index is 1.42. The van der Waals surface area contributed by atoms with Crippen LogP contribution >= 0.6 is 0 Å². The SMILES string of the molecule is Cc1cccc(C(=O)N2CCN(C(=O)c3ccc4ocnc4c3)CC2)c1. The average Bonchev–Trinajstić information content (AvgIpc) is 3.15. The molecule has 26 heavy (non-hydrogen) atoms. The summed E-state index contributed by atoms with van der Waals surface area (Å²) in [6.45, 7) is 4.08. The maximum absolute atomic E-state index is 12.7. The summed E-state index contributed by atoms with van der Waals surface area (Å²) < 4.78 is 5.21. The van der Waals surface area contributed by atoms with Crippen molar-refractivity contribution in [2.45, 2.75) is 6.92 Å². The van der Waals surface area contributed by atoms with Gasteiger partial charge < -0.3 is 14.2 Å². The molecular formula is C20H19N3O3. The van der Waals surface area contributed by atoms with Gasteiger partial charge in [-0.3, -0.25) is 9.59 Å². The van der Waals surface area contributed by atoms with Crippen molar-refractivity contribution in [3.63, 3.8) is 0 Å². The number of aromatic nitrogens is 1. The number of carbonyl (C=O) groups is 2. The number of rotatable bonds is 2. The molecule has 2 amide bonds. The van der Waals surface area contributed by atoms with Gasteiger partial charge in [0.2, 0.25) is 0 Å². The number of amides is 2. The summed E-state index contributed by atoms with van der Waals surface area (Å²) in [5.41, 5.74) is 3.68. The Labute approximate surface area is 151 Å². The molecule has 4 rings (SSSR count). The van der Waals surface area contributed by atoms with Crippen LogP contribution in [0.4, 0.5) is 0 Å². The lowest BCUT2D eigenvalue weighted by molar-refractivity contribution is 0.0535. The van der Waals surface area contributed by atoms with Gasteiger partial charge in [-0.2, -0.15) is 0 Å². The first-order chi connectivity index (χ1) is 12.6. The van der Waals surface area contributed by atoms with E-state index in [1.54, 1.807) is 28.0 Å². The van der Waals surface area contributed by atoms with E-state index in [0.29, 0.717) is 48.4 Å². The topological polar surface area (TPSA) is 66.7 Å². The second-order valence-electron chi connectivity index (χ2n) is 6.49. The summed E-state index contributed by atoms with van der Waals surface area (Å²) in [6, 6.07) is 12.8. The first-order valence-electron chi connectivity index (χ1n) is 8.60. The molecule has 1 aliphatic rings. The molecule has 0 spiro atoms. The lowest BCUT2D eigenvalue weighted by Crippen LogP contribution is -2.50. The van der Waals surface area contributed by atoms with E-state index in [4.69, 9.17) is 4.42 Å². The Morgan fingerprint density at radius 1 is 0.923 bits per heavy atom. The minimum absolute atomic E-state index is 0.0183. The highest BCUT2D eigenvalue weighted by molar-refractivity contribution is 5.98. The third kappa shape index (κ3) is 3.06. The van der Waals surface area contributed by atoms with Crippen LogP contribution in [0.5, 0.6) is 0 Å². The molecule has 2 aromatic carbocycles. The molecule has 1 aliphatic heterocycles. The fourth-order valence-corrected chi connectivity index (χ4v) is 3.25. The molecule has 0 aliphatic carbocycles. The Bertz CT molecular complexity index is 971. The minimum Gasteiger partial charge on any atom is -0.443 e. The van der Waals surface area contributed by atoms with Gasteiger partial charge in [0.05, 0.1) is 0 Å². The predicted molar refractivity (Wildman–Crippen MR) is 97.0 cm³/mol. The second-order valence-corrected chi connectivity index (χ2v) is 6.49. The zero-order chi connectivity index (χ0) is 18.1. The largest absolute Gasteiger partial charge is 0.443 e. The molecule has 0 unspecified atom stereocenters. The van der Waals surface area contributed by atoms with E-state index in [1.165, 1.54) is 6.39 Å². The molecular weight excluding hydrogens is 330 g/mol. The molecule has 1 saturated heterocycles. The molecule has 0 saturated carbocycles. The summed E-state index contributed by atoms with van der Waals surface area (Å²) in [7, 11) is 0. The predicted octanol–water partition coefficient (Wildman–Crippen LogP) is 2.73. The van der Waals surface area contributed by atoms with Crippen LogP contribution in [0.2, 0.25) is 0 Å². The lowest BCUT2D eigenvalue weighted by atomic mass is 10.1. The molecule has 1 fully saturated rings. The summed E-state index contributed by atoms with van der Waals surface area (Å²) in [5, 5.41) is 0. The first-order valence-corrected chi connectivity index (χ1v) is 8.60. The number of piperazine rings is 1. The van der Waals surface area contributed by atoms with Gasteiger partial charge in [0.25, 0.3) is 11.8 Å². The van der Waals surface area contributed by atoms with Gasteiger partial charge in [0.15, 0.2) is 12.0 Å². The van der Waals surface area contributed by atoms with Crippen LogP contribution in [-0.4, -0.2) is 52.8 Å². The fourth-order valence-electron chi connectivity index (χ4n) is 3.25. The normalized spacial score (nSPS) is 14.7. The quantitative estimate of drug-likeness (QED) is 0.713. The van der Waals surface area contributed by atoms with Crippen LogP contribution in [0.3, 0.4) is 0 Å². The van der Waals surface area contributed by atoms with Crippen molar-refractivity contribution in [3.05, 3.63) is 65.5 Å². The zero-order valence-electron chi connectivity index (χ0n) is 14.5. The molecule has 0 radical (unpaired) electrons. The van der Waals surface area contributed by atoms with Gasteiger partial charge in [0.1, 0.15) is 5.52 Å². The number of hydrogen-bond donors (Lipinski definition) is 0. The van der Waals surface area contributed by atoms with Crippen molar-refractivity contribution in [1.82, 2.24) is 14.8 Å². The van der Waals surface area contributed by atoms with E-state index < -0.39 is 0 Å². The number of hydrogen-bond acceptors (Lipinski definition) is 4. The molecule has 6 heteroatoms. The number of oxazole rings is 1. The molecule has 1 aromatic heterocycles. The minimum atomic E-state index is -0.0439. The van der Waals surface area contributed by atoms with Gasteiger partial charge in [-0.15, -0.1) is 0 Å². The maximum Gasteiger partial charge on any atom is 0.254 e. The van der Waals surface area contributed by atoms with Crippen molar-refractivity contribution in [2.75, 3.05) is 26.2 Å². The van der Waals surface area contributed by atoms with Crippen molar-refractivity contribution in [1.29, 1.82) is 0 Å². The third-order valence-corrected chi connectivity index (χ3v) is 4.70. The molecule has 0 atom stereocenters. The highest BCUT2D eigenvalue weighted by Gasteiger charge is 2.25. The monoisotopic (exact) mass is 349 g/mol. The Morgan fingerprint density at radius 2 is 1.58 bits per heavy atom. The van der Waals surface area contributed by atoms with E-state index in [0.717, 1.165) is 5.56 Å². The van der Waals surface area contributed by atoms with E-state index in [9.17, 15) is 9.59 Å². The van der Waals surface area contributed by atoms with E-state index >= 15 is 0 Å². The zero-order valence-corrected chi connectivity index (χ0v) is 14.5. The molecule has 3 aromatic rings. The first kappa shape index (κ1) is 16.3. The maximum atomic E-state index is 12.7. The third-order valence-electron chi connectivity index (χ3n) is 4.70. The van der Waals surface area contributed by atoms with Crippen LogP contribution in [0.1, 0.15) is 26.3 Å². The molecule has 132 valence electrons. The summed E-state index contributed by atoms with van der Waals surface area (Å²) >= 11 is 0. The van der Waals surface area contributed by atoms with Gasteiger partial charge in [0, 0.05) is 37.3 Å². The van der Waals surface area contributed by atoms with Crippen LogP contribution in [0, 0.1) is 6.92 Å². The van der Waals surface area contributed by atoms with Gasteiger partial charge in [-0.25, -0.2) is 4.98 Å². The average molecular weight is 349 g/mol. The number of aryl methyl sites for hydroxylation is 1. The second kappa shape index (κ2) is 6.63. The summed E-state index contributed by atoms with van der Waals surface area (Å²) in [6.07, 6.45) is 1.37. The van der Waals surface area contributed by atoms with Crippen LogP contribution < -0.4 is 0 Å². The van der Waals surface area contributed by atoms with Crippen molar-refractivity contribution in [2.24, 2.45) is 0 Å². The standard InChI is InChI=1S/C20H19N3O3/c1-14-3-2-4-15(11-14)19(24)22-7-9-23(10-8-22)20(25)16-5-6-18-17(12-16)21-13-26-18/h2-6,11-13H,7-10H2,1H3. The van der Waals surface area contributed by atoms with Gasteiger partial charge in [-0.1, -0.05) is 17.7 Å². The number of carbonyl (C=O) groups excluding carboxylic acids is 2. The fraction of sp³-hybridized carbons (Fsp3) is 0.250. The van der Waals surface area contributed by atoms with Gasteiger partial charge >= 0.3 is 0 Å². The summed E-state index contributed by atoms with van der Waals surface area (Å²) in [4.78, 5) is 33.0. The highest BCUT2D eigenvalue weighted by Crippen LogP contribution is 2.17. The van der Waals surface area contributed by atoms with E-state index in [2.05, 4.69) is 4.98 Å². The Kier molecular flexibility index (Phi) is 4.16. The Hall–Kier alpha value is -3.15.